The van der Waals surface area contributed by atoms with Gasteiger partial charge in [0.2, 0.25) is 5.91 Å². The number of urea groups is 1. The molecule has 1 aromatic heterocycles. The van der Waals surface area contributed by atoms with E-state index in [2.05, 4.69) is 10.6 Å². The normalized spacial score (nSPS) is 19.8. The molecule has 7 nitrogen and oxygen atoms in total. The van der Waals surface area contributed by atoms with Crippen LogP contribution in [-0.2, 0) is 15.1 Å². The first-order valence-corrected chi connectivity index (χ1v) is 9.46. The van der Waals surface area contributed by atoms with Gasteiger partial charge in [0.15, 0.2) is 0 Å². The second kappa shape index (κ2) is 7.29. The lowest BCUT2D eigenvalue weighted by Gasteiger charge is -2.22. The van der Waals surface area contributed by atoms with E-state index in [0.717, 1.165) is 10.3 Å². The van der Waals surface area contributed by atoms with Gasteiger partial charge in [-0.25, -0.2) is 9.18 Å². The van der Waals surface area contributed by atoms with E-state index in [1.807, 2.05) is 30.3 Å². The molecule has 1 fully saturated rings. The Morgan fingerprint density at radius 1 is 1.20 bits per heavy atom. The van der Waals surface area contributed by atoms with Crippen LogP contribution in [0, 0.1) is 5.82 Å². The summed E-state index contributed by atoms with van der Waals surface area (Å²) in [7, 11) is 0. The molecule has 4 amide bonds. The van der Waals surface area contributed by atoms with Crippen LogP contribution in [0.4, 0.5) is 9.18 Å². The van der Waals surface area contributed by atoms with Crippen molar-refractivity contribution in [1.29, 1.82) is 0 Å². The summed E-state index contributed by atoms with van der Waals surface area (Å²) < 4.78 is 18.9. The second-order valence-corrected chi connectivity index (χ2v) is 7.43. The zero-order valence-electron chi connectivity index (χ0n) is 16.4. The minimum atomic E-state index is -1.37. The molecule has 0 radical (unpaired) electrons. The summed E-state index contributed by atoms with van der Waals surface area (Å²) >= 11 is 0. The van der Waals surface area contributed by atoms with Gasteiger partial charge < -0.3 is 15.1 Å². The molecule has 8 heteroatoms. The maximum absolute atomic E-state index is 13.2. The van der Waals surface area contributed by atoms with Crippen molar-refractivity contribution in [3.05, 3.63) is 71.7 Å². The number of nitrogens with zero attached hydrogens (tertiary/aromatic N) is 1. The van der Waals surface area contributed by atoms with E-state index in [9.17, 15) is 18.8 Å². The first-order chi connectivity index (χ1) is 14.3. The molecule has 2 N–H and O–H groups in total. The van der Waals surface area contributed by atoms with Gasteiger partial charge in [-0.05, 0) is 43.7 Å². The summed E-state index contributed by atoms with van der Waals surface area (Å²) in [4.78, 5) is 38.6. The van der Waals surface area contributed by atoms with Crippen LogP contribution in [-0.4, -0.2) is 29.3 Å². The Morgan fingerprint density at radius 2 is 1.90 bits per heavy atom. The molecule has 0 spiro atoms. The van der Waals surface area contributed by atoms with Gasteiger partial charge in [0.25, 0.3) is 5.91 Å². The maximum atomic E-state index is 13.2. The molecule has 0 saturated carbocycles. The van der Waals surface area contributed by atoms with Crippen LogP contribution < -0.4 is 10.6 Å². The highest BCUT2D eigenvalue weighted by Gasteiger charge is 2.49. The molecular formula is C22H20FN3O4. The summed E-state index contributed by atoms with van der Waals surface area (Å²) in [6, 6.07) is 13.5. The Labute approximate surface area is 171 Å². The molecule has 0 unspecified atom stereocenters. The van der Waals surface area contributed by atoms with Crippen molar-refractivity contribution in [2.45, 2.75) is 25.4 Å². The highest BCUT2D eigenvalue weighted by atomic mass is 19.1. The fraction of sp³-hybridized carbons (Fsp3) is 0.227. The van der Waals surface area contributed by atoms with Gasteiger partial charge in [0, 0.05) is 5.39 Å². The van der Waals surface area contributed by atoms with Gasteiger partial charge in [-0.15, -0.1) is 0 Å². The van der Waals surface area contributed by atoms with Gasteiger partial charge >= 0.3 is 6.03 Å². The van der Waals surface area contributed by atoms with Gasteiger partial charge in [0.05, 0.1) is 6.04 Å². The van der Waals surface area contributed by atoms with E-state index < -0.39 is 41.8 Å². The van der Waals surface area contributed by atoms with Gasteiger partial charge in [-0.1, -0.05) is 30.3 Å². The topological polar surface area (TPSA) is 91.7 Å². The maximum Gasteiger partial charge on any atom is 0.325 e. The Hall–Kier alpha value is -3.68. The van der Waals surface area contributed by atoms with Gasteiger partial charge in [0.1, 0.15) is 29.2 Å². The first-order valence-electron chi connectivity index (χ1n) is 9.46. The van der Waals surface area contributed by atoms with Crippen molar-refractivity contribution >= 4 is 28.8 Å². The molecule has 0 aliphatic carbocycles. The first kappa shape index (κ1) is 19.6. The van der Waals surface area contributed by atoms with Crippen LogP contribution in [0.25, 0.3) is 11.0 Å². The van der Waals surface area contributed by atoms with Crippen LogP contribution in [0.2, 0.25) is 0 Å². The predicted molar refractivity (Wildman–Crippen MR) is 107 cm³/mol. The second-order valence-electron chi connectivity index (χ2n) is 7.43. The largest absolute Gasteiger partial charge is 0.459 e. The molecule has 154 valence electrons. The summed E-state index contributed by atoms with van der Waals surface area (Å²) in [5.41, 5.74) is -0.228. The highest BCUT2D eigenvalue weighted by Crippen LogP contribution is 2.29. The molecule has 1 aliphatic rings. The number of para-hydroxylation sites is 1. The third-order valence-corrected chi connectivity index (χ3v) is 5.25. The average molecular weight is 409 g/mol. The van der Waals surface area contributed by atoms with Crippen LogP contribution in [0.5, 0.6) is 0 Å². The lowest BCUT2D eigenvalue weighted by Crippen LogP contribution is -2.43. The third-order valence-electron chi connectivity index (χ3n) is 5.25. The SMILES string of the molecule is C[C@H](NC(=O)CN1C(=O)N[C@@](C)(c2ccc(F)cc2)C1=O)c1cc2ccccc2o1. The van der Waals surface area contributed by atoms with Crippen molar-refractivity contribution in [1.82, 2.24) is 15.5 Å². The van der Waals surface area contributed by atoms with Crippen molar-refractivity contribution in [3.8, 4) is 0 Å². The fourth-order valence-electron chi connectivity index (χ4n) is 3.54. The molecule has 3 aromatic rings. The third kappa shape index (κ3) is 3.41. The summed E-state index contributed by atoms with van der Waals surface area (Å²) in [5.74, 6) is -0.965. The summed E-state index contributed by atoms with van der Waals surface area (Å²) in [6.45, 7) is 2.84. The number of benzene rings is 2. The van der Waals surface area contributed by atoms with Crippen molar-refractivity contribution < 1.29 is 23.2 Å². The Morgan fingerprint density at radius 3 is 2.60 bits per heavy atom. The van der Waals surface area contributed by atoms with Gasteiger partial charge in [-0.2, -0.15) is 0 Å². The molecule has 2 aromatic carbocycles. The number of fused-ring (bicyclic) bond motifs is 1. The molecule has 2 heterocycles. The van der Waals surface area contributed by atoms with Crippen LogP contribution in [0.15, 0.2) is 59.0 Å². The quantitative estimate of drug-likeness (QED) is 0.633. The van der Waals surface area contributed by atoms with E-state index in [1.165, 1.54) is 31.2 Å². The lowest BCUT2D eigenvalue weighted by atomic mass is 9.92. The number of carbonyl (C=O) groups is 3. The summed E-state index contributed by atoms with van der Waals surface area (Å²) in [6.07, 6.45) is 0. The molecule has 0 bridgehead atoms. The predicted octanol–water partition coefficient (Wildman–Crippen LogP) is 3.22. The Kier molecular flexibility index (Phi) is 4.77. The zero-order valence-corrected chi connectivity index (χ0v) is 16.4. The van der Waals surface area contributed by atoms with Crippen LogP contribution in [0.1, 0.15) is 31.2 Å². The number of nitrogens with one attached hydrogen (secondary N) is 2. The van der Waals surface area contributed by atoms with E-state index in [4.69, 9.17) is 4.42 Å². The lowest BCUT2D eigenvalue weighted by molar-refractivity contribution is -0.135. The van der Waals surface area contributed by atoms with E-state index >= 15 is 0 Å². The molecule has 2 atom stereocenters. The van der Waals surface area contributed by atoms with Crippen LogP contribution >= 0.6 is 0 Å². The smallest absolute Gasteiger partial charge is 0.325 e. The number of carbonyl (C=O) groups excluding carboxylic acids is 3. The number of hydrogen-bond donors (Lipinski definition) is 2. The molecule has 30 heavy (non-hydrogen) atoms. The van der Waals surface area contributed by atoms with E-state index in [-0.39, 0.29) is 0 Å². The molecule has 1 aliphatic heterocycles. The number of amides is 4. The minimum absolute atomic E-state index is 0.431. The van der Waals surface area contributed by atoms with E-state index in [1.54, 1.807) is 6.92 Å². The number of halogens is 1. The molecule has 1 saturated heterocycles. The fourth-order valence-corrected chi connectivity index (χ4v) is 3.54. The van der Waals surface area contributed by atoms with Crippen molar-refractivity contribution in [2.24, 2.45) is 0 Å². The van der Waals surface area contributed by atoms with Gasteiger partial charge in [-0.3, -0.25) is 14.5 Å². The highest BCUT2D eigenvalue weighted by molar-refractivity contribution is 6.09. The van der Waals surface area contributed by atoms with Crippen LogP contribution in [0.3, 0.4) is 0 Å². The number of rotatable bonds is 5. The molecule has 4 rings (SSSR count). The minimum Gasteiger partial charge on any atom is -0.459 e. The number of furan rings is 1. The van der Waals surface area contributed by atoms with Crippen molar-refractivity contribution in [3.63, 3.8) is 0 Å². The summed E-state index contributed by atoms with van der Waals surface area (Å²) in [5, 5.41) is 6.25. The standard InChI is InChI=1S/C22H20FN3O4/c1-13(18-11-14-5-3-4-6-17(14)30-18)24-19(27)12-26-20(28)22(2,25-21(26)29)15-7-9-16(23)10-8-15/h3-11,13H,12H2,1-2H3,(H,24,27)(H,25,29)/t13-,22-/m0/s1. The number of hydrogen-bond acceptors (Lipinski definition) is 4. The average Bonchev–Trinajstić information content (AvgIpc) is 3.24. The molecular weight excluding hydrogens is 389 g/mol. The monoisotopic (exact) mass is 409 g/mol. The Bertz CT molecular complexity index is 1110. The zero-order chi connectivity index (χ0) is 21.5. The Balaban J connectivity index is 1.45. The van der Waals surface area contributed by atoms with E-state index in [0.29, 0.717) is 16.9 Å². The van der Waals surface area contributed by atoms with Crippen molar-refractivity contribution in [2.75, 3.05) is 6.54 Å². The number of imide groups is 1.